The van der Waals surface area contributed by atoms with Crippen LogP contribution in [0.3, 0.4) is 0 Å². The van der Waals surface area contributed by atoms with E-state index >= 15 is 0 Å². The molecule has 2 rings (SSSR count). The number of anilines is 3. The van der Waals surface area contributed by atoms with Crippen LogP contribution in [0.25, 0.3) is 0 Å². The van der Waals surface area contributed by atoms with Crippen LogP contribution in [-0.2, 0) is 17.5 Å². The zero-order chi connectivity index (χ0) is 18.4. The van der Waals surface area contributed by atoms with Crippen molar-refractivity contribution >= 4 is 23.2 Å². The van der Waals surface area contributed by atoms with E-state index in [0.29, 0.717) is 17.1 Å². The summed E-state index contributed by atoms with van der Waals surface area (Å²) in [6, 6.07) is 9.89. The number of alkyl halides is 3. The van der Waals surface area contributed by atoms with E-state index in [4.69, 9.17) is 10.5 Å². The standard InChI is InChI=1S/C17H18F3N3O2/c1-2-25-16(24)23-15-7-6-11(8-14(15)21)10-22-13-5-3-4-12(9-13)17(18,19)20/h3-9,22H,2,10,21H2,1H3,(H,23,24). The smallest absolute Gasteiger partial charge is 0.416 e. The van der Waals surface area contributed by atoms with Crippen molar-refractivity contribution in [2.75, 3.05) is 23.0 Å². The average molecular weight is 353 g/mol. The van der Waals surface area contributed by atoms with Gasteiger partial charge in [0.2, 0.25) is 0 Å². The van der Waals surface area contributed by atoms with Gasteiger partial charge in [-0.25, -0.2) is 4.79 Å². The molecule has 1 amide bonds. The fourth-order valence-corrected chi connectivity index (χ4v) is 2.12. The number of ether oxygens (including phenoxy) is 1. The molecule has 0 atom stereocenters. The van der Waals surface area contributed by atoms with E-state index in [1.54, 1.807) is 31.2 Å². The number of halogens is 3. The third-order valence-electron chi connectivity index (χ3n) is 3.31. The van der Waals surface area contributed by atoms with E-state index in [0.717, 1.165) is 17.7 Å². The van der Waals surface area contributed by atoms with Crippen LogP contribution in [0, 0.1) is 0 Å². The fourth-order valence-electron chi connectivity index (χ4n) is 2.12. The number of nitrogen functional groups attached to an aromatic ring is 1. The highest BCUT2D eigenvalue weighted by atomic mass is 19.4. The monoisotopic (exact) mass is 353 g/mol. The molecule has 0 unspecified atom stereocenters. The van der Waals surface area contributed by atoms with Gasteiger partial charge in [-0.05, 0) is 42.8 Å². The quantitative estimate of drug-likeness (QED) is 0.693. The molecule has 0 fully saturated rings. The van der Waals surface area contributed by atoms with E-state index in [-0.39, 0.29) is 13.2 Å². The maximum Gasteiger partial charge on any atom is 0.416 e. The lowest BCUT2D eigenvalue weighted by molar-refractivity contribution is -0.137. The average Bonchev–Trinajstić information content (AvgIpc) is 2.55. The van der Waals surface area contributed by atoms with Gasteiger partial charge in [0.05, 0.1) is 23.5 Å². The molecule has 5 nitrogen and oxygen atoms in total. The number of amides is 1. The topological polar surface area (TPSA) is 76.4 Å². The first kappa shape index (κ1) is 18.4. The molecule has 25 heavy (non-hydrogen) atoms. The molecular weight excluding hydrogens is 335 g/mol. The summed E-state index contributed by atoms with van der Waals surface area (Å²) in [7, 11) is 0. The van der Waals surface area contributed by atoms with Gasteiger partial charge in [0.15, 0.2) is 0 Å². The summed E-state index contributed by atoms with van der Waals surface area (Å²) < 4.78 is 42.9. The Bertz CT molecular complexity index is 748. The molecule has 0 aromatic heterocycles. The fraction of sp³-hybridized carbons (Fsp3) is 0.235. The van der Waals surface area contributed by atoms with Crippen LogP contribution in [0.1, 0.15) is 18.1 Å². The Morgan fingerprint density at radius 3 is 2.60 bits per heavy atom. The van der Waals surface area contributed by atoms with Crippen molar-refractivity contribution in [1.29, 1.82) is 0 Å². The van der Waals surface area contributed by atoms with Gasteiger partial charge < -0.3 is 15.8 Å². The third-order valence-corrected chi connectivity index (χ3v) is 3.31. The maximum absolute atomic E-state index is 12.7. The number of rotatable bonds is 5. The molecule has 4 N–H and O–H groups in total. The third kappa shape index (κ3) is 5.30. The number of carbonyl (C=O) groups is 1. The lowest BCUT2D eigenvalue weighted by atomic mass is 10.1. The SMILES string of the molecule is CCOC(=O)Nc1ccc(CNc2cccc(C(F)(F)F)c2)cc1N. The Morgan fingerprint density at radius 2 is 1.96 bits per heavy atom. The van der Waals surface area contributed by atoms with Crippen molar-refractivity contribution in [3.05, 3.63) is 53.6 Å². The normalized spacial score (nSPS) is 11.0. The van der Waals surface area contributed by atoms with Crippen molar-refractivity contribution < 1.29 is 22.7 Å². The van der Waals surface area contributed by atoms with Gasteiger partial charge in [-0.15, -0.1) is 0 Å². The van der Waals surface area contributed by atoms with Crippen molar-refractivity contribution in [1.82, 2.24) is 0 Å². The first-order chi connectivity index (χ1) is 11.8. The lowest BCUT2D eigenvalue weighted by Gasteiger charge is -2.12. The van der Waals surface area contributed by atoms with Crippen molar-refractivity contribution in [2.45, 2.75) is 19.6 Å². The predicted molar refractivity (Wildman–Crippen MR) is 90.3 cm³/mol. The Labute approximate surface area is 143 Å². The molecule has 134 valence electrons. The number of carbonyl (C=O) groups excluding carboxylic acids is 1. The second-order valence-corrected chi connectivity index (χ2v) is 5.20. The molecule has 0 bridgehead atoms. The zero-order valence-corrected chi connectivity index (χ0v) is 13.5. The minimum Gasteiger partial charge on any atom is -0.450 e. The second kappa shape index (κ2) is 7.78. The van der Waals surface area contributed by atoms with Gasteiger partial charge in [-0.1, -0.05) is 12.1 Å². The van der Waals surface area contributed by atoms with Crippen LogP contribution in [0.5, 0.6) is 0 Å². The highest BCUT2D eigenvalue weighted by Crippen LogP contribution is 2.30. The van der Waals surface area contributed by atoms with E-state index in [1.807, 2.05) is 0 Å². The summed E-state index contributed by atoms with van der Waals surface area (Å²) in [5, 5.41) is 5.42. The molecule has 8 heteroatoms. The molecule has 0 aliphatic rings. The van der Waals surface area contributed by atoms with Gasteiger partial charge in [-0.3, -0.25) is 5.32 Å². The first-order valence-corrected chi connectivity index (χ1v) is 7.53. The summed E-state index contributed by atoms with van der Waals surface area (Å²) >= 11 is 0. The zero-order valence-electron chi connectivity index (χ0n) is 13.5. The van der Waals surface area contributed by atoms with Crippen molar-refractivity contribution in [2.24, 2.45) is 0 Å². The summed E-state index contributed by atoms with van der Waals surface area (Å²) in [6.07, 6.45) is -4.99. The van der Waals surface area contributed by atoms with Crippen LogP contribution in [0.15, 0.2) is 42.5 Å². The number of nitrogens with one attached hydrogen (secondary N) is 2. The maximum atomic E-state index is 12.7. The van der Waals surface area contributed by atoms with Crippen LogP contribution in [0.4, 0.5) is 35.0 Å². The molecule has 0 aliphatic carbocycles. The van der Waals surface area contributed by atoms with Crippen LogP contribution >= 0.6 is 0 Å². The highest BCUT2D eigenvalue weighted by Gasteiger charge is 2.30. The first-order valence-electron chi connectivity index (χ1n) is 7.53. The number of benzene rings is 2. The number of nitrogens with two attached hydrogens (primary N) is 1. The highest BCUT2D eigenvalue weighted by molar-refractivity contribution is 5.89. The van der Waals surface area contributed by atoms with Gasteiger partial charge >= 0.3 is 12.3 Å². The van der Waals surface area contributed by atoms with E-state index in [2.05, 4.69) is 10.6 Å². The van der Waals surface area contributed by atoms with Crippen LogP contribution < -0.4 is 16.4 Å². The van der Waals surface area contributed by atoms with Crippen LogP contribution in [0.2, 0.25) is 0 Å². The molecule has 0 heterocycles. The minimum atomic E-state index is -4.39. The Hall–Kier alpha value is -2.90. The van der Waals surface area contributed by atoms with Gasteiger partial charge in [0.25, 0.3) is 0 Å². The van der Waals surface area contributed by atoms with Gasteiger partial charge in [0, 0.05) is 12.2 Å². The molecule has 0 aliphatic heterocycles. The van der Waals surface area contributed by atoms with E-state index in [1.165, 1.54) is 6.07 Å². The summed E-state index contributed by atoms with van der Waals surface area (Å²) in [5.41, 5.74) is 6.99. The van der Waals surface area contributed by atoms with Gasteiger partial charge in [-0.2, -0.15) is 13.2 Å². The van der Waals surface area contributed by atoms with E-state index in [9.17, 15) is 18.0 Å². The second-order valence-electron chi connectivity index (χ2n) is 5.20. The molecule has 2 aromatic rings. The summed E-state index contributed by atoms with van der Waals surface area (Å²) in [5.74, 6) is 0. The number of hydrogen-bond acceptors (Lipinski definition) is 4. The minimum absolute atomic E-state index is 0.241. The Kier molecular flexibility index (Phi) is 5.74. The van der Waals surface area contributed by atoms with Crippen molar-refractivity contribution in [3.63, 3.8) is 0 Å². The number of hydrogen-bond donors (Lipinski definition) is 3. The molecule has 0 saturated heterocycles. The predicted octanol–water partition coefficient (Wildman–Crippen LogP) is 4.47. The van der Waals surface area contributed by atoms with E-state index < -0.39 is 17.8 Å². The molecule has 0 spiro atoms. The molecule has 2 aromatic carbocycles. The van der Waals surface area contributed by atoms with Crippen LogP contribution in [-0.4, -0.2) is 12.7 Å². The molecule has 0 radical (unpaired) electrons. The lowest BCUT2D eigenvalue weighted by Crippen LogP contribution is -2.14. The van der Waals surface area contributed by atoms with Crippen molar-refractivity contribution in [3.8, 4) is 0 Å². The largest absolute Gasteiger partial charge is 0.450 e. The summed E-state index contributed by atoms with van der Waals surface area (Å²) in [4.78, 5) is 11.4. The Morgan fingerprint density at radius 1 is 1.20 bits per heavy atom. The van der Waals surface area contributed by atoms with Gasteiger partial charge in [0.1, 0.15) is 0 Å². The summed E-state index contributed by atoms with van der Waals surface area (Å²) in [6.45, 7) is 2.21. The Balaban J connectivity index is 2.02. The molecular formula is C17H18F3N3O2. The molecule has 0 saturated carbocycles.